The third-order valence-electron chi connectivity index (χ3n) is 4.64. The maximum Gasteiger partial charge on any atom is 0.263 e. The number of nitrogens with zero attached hydrogens (tertiary/aromatic N) is 1. The van der Waals surface area contributed by atoms with E-state index in [1.54, 1.807) is 4.90 Å². The van der Waals surface area contributed by atoms with E-state index in [1.165, 1.54) is 11.3 Å². The molecule has 0 radical (unpaired) electrons. The smallest absolute Gasteiger partial charge is 0.263 e. The number of carbonyl (C=O) groups is 2. The average Bonchev–Trinajstić information content (AvgIpc) is 3.22. The van der Waals surface area contributed by atoms with Gasteiger partial charge in [-0.15, -0.1) is 11.3 Å². The van der Waals surface area contributed by atoms with E-state index in [9.17, 15) is 9.59 Å². The van der Waals surface area contributed by atoms with Gasteiger partial charge in [0.2, 0.25) is 5.91 Å². The summed E-state index contributed by atoms with van der Waals surface area (Å²) in [6, 6.07) is 9.16. The van der Waals surface area contributed by atoms with Crippen LogP contribution in [0.5, 0.6) is 11.5 Å². The molecule has 7 heteroatoms. The molecule has 1 N–H and O–H groups in total. The predicted molar refractivity (Wildman–Crippen MR) is 99.0 cm³/mol. The van der Waals surface area contributed by atoms with Crippen LogP contribution in [0.25, 0.3) is 0 Å². The molecule has 2 aliphatic heterocycles. The molecule has 6 nitrogen and oxygen atoms in total. The molecule has 2 amide bonds. The summed E-state index contributed by atoms with van der Waals surface area (Å²) in [6.45, 7) is 2.10. The summed E-state index contributed by atoms with van der Waals surface area (Å²) in [5.41, 5.74) is 0.619. The fourth-order valence-corrected chi connectivity index (χ4v) is 4.03. The number of hydrogen-bond acceptors (Lipinski definition) is 5. The van der Waals surface area contributed by atoms with Crippen LogP contribution in [0.4, 0.5) is 5.69 Å². The molecular weight excluding hydrogens is 352 g/mol. The normalized spacial score (nSPS) is 19.1. The second-order valence-corrected chi connectivity index (χ2v) is 7.33. The van der Waals surface area contributed by atoms with Gasteiger partial charge in [-0.1, -0.05) is 12.1 Å². The van der Waals surface area contributed by atoms with Crippen molar-refractivity contribution in [2.45, 2.75) is 12.8 Å². The molecule has 136 valence electrons. The van der Waals surface area contributed by atoms with Crippen LogP contribution in [-0.4, -0.2) is 43.0 Å². The van der Waals surface area contributed by atoms with Gasteiger partial charge in [-0.3, -0.25) is 9.59 Å². The maximum absolute atomic E-state index is 12.8. The Kier molecular flexibility index (Phi) is 4.79. The lowest BCUT2D eigenvalue weighted by atomic mass is 9.96. The van der Waals surface area contributed by atoms with Crippen molar-refractivity contribution in [3.05, 3.63) is 40.6 Å². The van der Waals surface area contributed by atoms with Crippen LogP contribution in [0.2, 0.25) is 0 Å². The average molecular weight is 372 g/mol. The highest BCUT2D eigenvalue weighted by Gasteiger charge is 2.30. The Bertz CT molecular complexity index is 806. The van der Waals surface area contributed by atoms with Gasteiger partial charge in [-0.2, -0.15) is 0 Å². The van der Waals surface area contributed by atoms with Crippen LogP contribution < -0.4 is 14.8 Å². The summed E-state index contributed by atoms with van der Waals surface area (Å²) in [7, 11) is 0. The van der Waals surface area contributed by atoms with E-state index in [0.717, 1.165) is 12.8 Å². The highest BCUT2D eigenvalue weighted by molar-refractivity contribution is 7.12. The molecule has 4 rings (SSSR count). The Hall–Kier alpha value is -2.54. The van der Waals surface area contributed by atoms with Gasteiger partial charge < -0.3 is 19.7 Å². The number of anilines is 1. The highest BCUT2D eigenvalue weighted by atomic mass is 32.1. The number of thiophene rings is 1. The second-order valence-electron chi connectivity index (χ2n) is 6.39. The molecular formula is C19H20N2O4S. The van der Waals surface area contributed by atoms with Crippen LogP contribution in [-0.2, 0) is 4.79 Å². The number of hydrogen-bond donors (Lipinski definition) is 1. The monoisotopic (exact) mass is 372 g/mol. The minimum Gasteiger partial charge on any atom is -0.486 e. The standard InChI is InChI=1S/C19H20N2O4S/c22-18(20-14-5-1-6-15-17(14)25-10-9-24-15)13-4-2-8-21(12-13)19(23)16-7-3-11-26-16/h1,3,5-7,11,13H,2,4,8-10,12H2,(H,20,22)/t13-/m1/s1. The summed E-state index contributed by atoms with van der Waals surface area (Å²) in [6.07, 6.45) is 1.59. The first-order valence-electron chi connectivity index (χ1n) is 8.74. The first-order chi connectivity index (χ1) is 12.7. The third-order valence-corrected chi connectivity index (χ3v) is 5.49. The van der Waals surface area contributed by atoms with E-state index >= 15 is 0 Å². The first kappa shape index (κ1) is 16.9. The quantitative estimate of drug-likeness (QED) is 0.899. The van der Waals surface area contributed by atoms with Gasteiger partial charge in [0.15, 0.2) is 11.5 Å². The number of fused-ring (bicyclic) bond motifs is 1. The van der Waals surface area contributed by atoms with E-state index < -0.39 is 0 Å². The molecule has 26 heavy (non-hydrogen) atoms. The number of amides is 2. The van der Waals surface area contributed by atoms with Gasteiger partial charge in [0.1, 0.15) is 13.2 Å². The van der Waals surface area contributed by atoms with E-state index in [4.69, 9.17) is 9.47 Å². The summed E-state index contributed by atoms with van der Waals surface area (Å²) in [4.78, 5) is 27.8. The Labute approximate surface area is 155 Å². The largest absolute Gasteiger partial charge is 0.486 e. The number of benzene rings is 1. The summed E-state index contributed by atoms with van der Waals surface area (Å²) in [5, 5.41) is 4.85. The number of nitrogens with one attached hydrogen (secondary N) is 1. The van der Waals surface area contributed by atoms with Crippen molar-refractivity contribution >= 4 is 28.8 Å². The topological polar surface area (TPSA) is 67.9 Å². The van der Waals surface area contributed by atoms with Crippen molar-refractivity contribution < 1.29 is 19.1 Å². The molecule has 1 aromatic carbocycles. The predicted octanol–water partition coefficient (Wildman–Crippen LogP) is 3.01. The fourth-order valence-electron chi connectivity index (χ4n) is 3.34. The van der Waals surface area contributed by atoms with Crippen LogP contribution >= 0.6 is 11.3 Å². The van der Waals surface area contributed by atoms with Crippen molar-refractivity contribution in [2.75, 3.05) is 31.6 Å². The highest BCUT2D eigenvalue weighted by Crippen LogP contribution is 2.37. The molecule has 1 aromatic heterocycles. The van der Waals surface area contributed by atoms with E-state index in [2.05, 4.69) is 5.32 Å². The lowest BCUT2D eigenvalue weighted by Gasteiger charge is -2.32. The molecule has 1 atom stereocenters. The number of piperidine rings is 1. The van der Waals surface area contributed by atoms with Crippen molar-refractivity contribution in [2.24, 2.45) is 5.92 Å². The molecule has 0 saturated carbocycles. The summed E-state index contributed by atoms with van der Waals surface area (Å²) >= 11 is 1.43. The second kappa shape index (κ2) is 7.37. The van der Waals surface area contributed by atoms with Gasteiger partial charge >= 0.3 is 0 Å². The zero-order chi connectivity index (χ0) is 17.9. The number of likely N-dealkylation sites (tertiary alicyclic amines) is 1. The fraction of sp³-hybridized carbons (Fsp3) is 0.368. The van der Waals surface area contributed by atoms with E-state index in [-0.39, 0.29) is 17.7 Å². The Morgan fingerprint density at radius 1 is 1.15 bits per heavy atom. The molecule has 0 spiro atoms. The van der Waals surface area contributed by atoms with Gasteiger partial charge in [-0.05, 0) is 36.4 Å². The number of rotatable bonds is 3. The van der Waals surface area contributed by atoms with Gasteiger partial charge in [0, 0.05) is 13.1 Å². The number of carbonyl (C=O) groups excluding carboxylic acids is 2. The van der Waals surface area contributed by atoms with E-state index in [0.29, 0.717) is 48.4 Å². The van der Waals surface area contributed by atoms with Gasteiger partial charge in [0.05, 0.1) is 16.5 Å². The van der Waals surface area contributed by atoms with Gasteiger partial charge in [0.25, 0.3) is 5.91 Å². The number of ether oxygens (including phenoxy) is 2. The zero-order valence-corrected chi connectivity index (χ0v) is 15.1. The van der Waals surface area contributed by atoms with Crippen LogP contribution in [0, 0.1) is 5.92 Å². The molecule has 1 fully saturated rings. The maximum atomic E-state index is 12.8. The molecule has 0 unspecified atom stereocenters. The molecule has 2 aliphatic rings. The Morgan fingerprint density at radius 2 is 2.04 bits per heavy atom. The van der Waals surface area contributed by atoms with E-state index in [1.807, 2.05) is 35.7 Å². The number of para-hydroxylation sites is 1. The molecule has 2 aromatic rings. The molecule has 0 bridgehead atoms. The van der Waals surface area contributed by atoms with Crippen molar-refractivity contribution in [1.82, 2.24) is 4.90 Å². The Morgan fingerprint density at radius 3 is 2.88 bits per heavy atom. The van der Waals surface area contributed by atoms with Crippen molar-refractivity contribution in [1.29, 1.82) is 0 Å². The Balaban J connectivity index is 1.44. The van der Waals surface area contributed by atoms with Crippen molar-refractivity contribution in [3.8, 4) is 11.5 Å². The minimum absolute atomic E-state index is 0.00586. The summed E-state index contributed by atoms with van der Waals surface area (Å²) in [5.74, 6) is 0.914. The first-order valence-corrected chi connectivity index (χ1v) is 9.62. The third kappa shape index (κ3) is 3.39. The van der Waals surface area contributed by atoms with Crippen LogP contribution in [0.1, 0.15) is 22.5 Å². The molecule has 0 aliphatic carbocycles. The molecule has 3 heterocycles. The van der Waals surface area contributed by atoms with Crippen LogP contribution in [0.15, 0.2) is 35.7 Å². The minimum atomic E-state index is -0.229. The zero-order valence-electron chi connectivity index (χ0n) is 14.3. The SMILES string of the molecule is O=C(Nc1cccc2c1OCCO2)[C@@H]1CCCN(C(=O)c2cccs2)C1. The summed E-state index contributed by atoms with van der Waals surface area (Å²) < 4.78 is 11.2. The van der Waals surface area contributed by atoms with Crippen LogP contribution in [0.3, 0.4) is 0 Å². The molecule has 1 saturated heterocycles. The van der Waals surface area contributed by atoms with Gasteiger partial charge in [-0.25, -0.2) is 0 Å². The lowest BCUT2D eigenvalue weighted by Crippen LogP contribution is -2.43. The van der Waals surface area contributed by atoms with Crippen molar-refractivity contribution in [3.63, 3.8) is 0 Å². The lowest BCUT2D eigenvalue weighted by molar-refractivity contribution is -0.121.